The number of unbranched alkanes of at least 4 members (excludes halogenated alkanes) is 2. The molecular formula is C21H34N6O4S2. The van der Waals surface area contributed by atoms with E-state index in [0.717, 1.165) is 8.61 Å². The van der Waals surface area contributed by atoms with Gasteiger partial charge in [-0.2, -0.15) is 29.7 Å². The highest BCUT2D eigenvalue weighted by Gasteiger charge is 2.58. The fourth-order valence-corrected chi connectivity index (χ4v) is 9.11. The van der Waals surface area contributed by atoms with E-state index in [1.807, 2.05) is 38.1 Å². The first-order valence-electron chi connectivity index (χ1n) is 11.1. The van der Waals surface area contributed by atoms with Gasteiger partial charge in [0.1, 0.15) is 0 Å². The molecule has 0 fully saturated rings. The van der Waals surface area contributed by atoms with Crippen molar-refractivity contribution in [2.45, 2.75) is 82.1 Å². The fraction of sp³-hybridized carbons (Fsp3) is 0.810. The largest absolute Gasteiger partial charge is 0.235 e. The van der Waals surface area contributed by atoms with E-state index < -0.39 is 24.1 Å². The molecule has 0 atom stereocenters. The summed E-state index contributed by atoms with van der Waals surface area (Å²) < 4.78 is 55.9. The van der Waals surface area contributed by atoms with Crippen molar-refractivity contribution in [1.29, 1.82) is 21.0 Å². The summed E-state index contributed by atoms with van der Waals surface area (Å²) in [7, 11) is -9.06. The molecule has 0 aliphatic rings. The summed E-state index contributed by atoms with van der Waals surface area (Å²) in [5.74, 6) is 0. The Hall–Kier alpha value is -2.22. The van der Waals surface area contributed by atoms with Gasteiger partial charge in [-0.25, -0.2) is 16.8 Å². The topological polar surface area (TPSA) is 170 Å². The molecule has 0 radical (unpaired) electrons. The SMILES string of the molecule is CCCCC(CCCC)(S(=O)(=O)N(CCC#N)CCC#N)S(=O)(=O)N(CCC#N)CCC#N. The van der Waals surface area contributed by atoms with Gasteiger partial charge in [0.15, 0.2) is 0 Å². The fourth-order valence-electron chi connectivity index (χ4n) is 3.54. The van der Waals surface area contributed by atoms with Gasteiger partial charge in [-0.1, -0.05) is 39.5 Å². The summed E-state index contributed by atoms with van der Waals surface area (Å²) in [5, 5.41) is 36.0. The first kappa shape index (κ1) is 30.8. The molecule has 0 aromatic heterocycles. The Kier molecular flexibility index (Phi) is 14.5. The van der Waals surface area contributed by atoms with Gasteiger partial charge in [-0.05, 0) is 12.8 Å². The van der Waals surface area contributed by atoms with E-state index in [2.05, 4.69) is 0 Å². The second kappa shape index (κ2) is 15.6. The third kappa shape index (κ3) is 7.95. The number of sulfonamides is 2. The normalized spacial score (nSPS) is 12.1. The van der Waals surface area contributed by atoms with Crippen LogP contribution in [0.4, 0.5) is 0 Å². The van der Waals surface area contributed by atoms with Crippen molar-refractivity contribution in [3.05, 3.63) is 0 Å². The Labute approximate surface area is 199 Å². The summed E-state index contributed by atoms with van der Waals surface area (Å²) in [4.78, 5) is 0. The Bertz CT molecular complexity index is 852. The molecule has 184 valence electrons. The van der Waals surface area contributed by atoms with Crippen molar-refractivity contribution in [2.24, 2.45) is 0 Å². The van der Waals surface area contributed by atoms with Crippen molar-refractivity contribution in [3.8, 4) is 24.3 Å². The maximum absolute atomic E-state index is 14.0. The molecule has 0 saturated carbocycles. The van der Waals surface area contributed by atoms with E-state index in [0.29, 0.717) is 25.7 Å². The van der Waals surface area contributed by atoms with Crippen LogP contribution in [0.2, 0.25) is 0 Å². The molecule has 0 bridgehead atoms. The first-order chi connectivity index (χ1) is 15.7. The lowest BCUT2D eigenvalue weighted by atomic mass is 10.1. The van der Waals surface area contributed by atoms with E-state index in [1.54, 1.807) is 0 Å². The zero-order valence-corrected chi connectivity index (χ0v) is 21.2. The second-order valence-electron chi connectivity index (χ2n) is 7.56. The molecule has 0 amide bonds. The predicted molar refractivity (Wildman–Crippen MR) is 124 cm³/mol. The monoisotopic (exact) mass is 498 g/mol. The molecule has 10 nitrogen and oxygen atoms in total. The van der Waals surface area contributed by atoms with Gasteiger partial charge in [0.05, 0.1) is 24.3 Å². The summed E-state index contributed by atoms with van der Waals surface area (Å²) in [6.07, 6.45) is 0.900. The van der Waals surface area contributed by atoms with Crippen molar-refractivity contribution in [3.63, 3.8) is 0 Å². The van der Waals surface area contributed by atoms with Crippen molar-refractivity contribution in [1.82, 2.24) is 8.61 Å². The minimum absolute atomic E-state index is 0.144. The highest BCUT2D eigenvalue weighted by molar-refractivity contribution is 8.08. The van der Waals surface area contributed by atoms with Gasteiger partial charge in [-0.3, -0.25) is 0 Å². The molecule has 0 N–H and O–H groups in total. The molecule has 0 aliphatic heterocycles. The third-order valence-electron chi connectivity index (χ3n) is 5.33. The van der Waals surface area contributed by atoms with Crippen LogP contribution < -0.4 is 0 Å². The summed E-state index contributed by atoms with van der Waals surface area (Å²) in [5.41, 5.74) is 0. The molecule has 12 heteroatoms. The van der Waals surface area contributed by atoms with Crippen LogP contribution in [0.3, 0.4) is 0 Å². The molecule has 0 saturated heterocycles. The number of hydrogen-bond donors (Lipinski definition) is 0. The van der Waals surface area contributed by atoms with Gasteiger partial charge in [-0.15, -0.1) is 0 Å². The average molecular weight is 499 g/mol. The second-order valence-corrected chi connectivity index (χ2v) is 12.3. The molecule has 0 unspecified atom stereocenters. The standard InChI is InChI=1S/C21H34N6O4S2/c1-3-5-11-21(12-6-4-2,32(28,29)26(17-7-13-22)18-8-14-23)33(30,31)27(19-9-15-24)20-10-16-25/h3-12,17-20H2,1-2H3. The molecule has 0 rings (SSSR count). The van der Waals surface area contributed by atoms with Crippen LogP contribution in [-0.4, -0.2) is 55.7 Å². The van der Waals surface area contributed by atoms with E-state index in [9.17, 15) is 16.8 Å². The van der Waals surface area contributed by atoms with Gasteiger partial charge in [0.2, 0.25) is 24.1 Å². The van der Waals surface area contributed by atoms with Gasteiger partial charge in [0, 0.05) is 51.9 Å². The Morgan fingerprint density at radius 3 is 1.09 bits per heavy atom. The molecule has 33 heavy (non-hydrogen) atoms. The van der Waals surface area contributed by atoms with Gasteiger partial charge in [0.25, 0.3) is 0 Å². The number of hydrogen-bond acceptors (Lipinski definition) is 8. The average Bonchev–Trinajstić information content (AvgIpc) is 2.78. The van der Waals surface area contributed by atoms with Crippen LogP contribution in [0.15, 0.2) is 0 Å². The molecule has 0 heterocycles. The highest BCUT2D eigenvalue weighted by atomic mass is 32.3. The molecule has 0 aromatic carbocycles. The van der Waals surface area contributed by atoms with Crippen LogP contribution in [0, 0.1) is 45.3 Å². The zero-order valence-electron chi connectivity index (χ0n) is 19.5. The van der Waals surface area contributed by atoms with E-state index >= 15 is 0 Å². The highest BCUT2D eigenvalue weighted by Crippen LogP contribution is 2.40. The maximum Gasteiger partial charge on any atom is 0.235 e. The Balaban J connectivity index is 6.96. The van der Waals surface area contributed by atoms with E-state index in [4.69, 9.17) is 21.0 Å². The minimum Gasteiger partial charge on any atom is -0.210 e. The minimum atomic E-state index is -4.53. The Morgan fingerprint density at radius 1 is 0.606 bits per heavy atom. The van der Waals surface area contributed by atoms with E-state index in [-0.39, 0.29) is 64.7 Å². The van der Waals surface area contributed by atoms with E-state index in [1.165, 1.54) is 0 Å². The predicted octanol–water partition coefficient (Wildman–Crippen LogP) is 2.98. The van der Waals surface area contributed by atoms with Crippen molar-refractivity contribution in [2.75, 3.05) is 26.2 Å². The summed E-state index contributed by atoms with van der Waals surface area (Å²) in [6.45, 7) is 2.80. The van der Waals surface area contributed by atoms with Gasteiger partial charge >= 0.3 is 0 Å². The Morgan fingerprint density at radius 2 is 0.879 bits per heavy atom. The lowest BCUT2D eigenvalue weighted by Crippen LogP contribution is -2.58. The summed E-state index contributed by atoms with van der Waals surface area (Å²) in [6, 6.07) is 7.52. The summed E-state index contributed by atoms with van der Waals surface area (Å²) >= 11 is 0. The first-order valence-corrected chi connectivity index (χ1v) is 14.0. The maximum atomic E-state index is 14.0. The van der Waals surface area contributed by atoms with Crippen LogP contribution in [-0.2, 0) is 20.0 Å². The number of nitrogens with zero attached hydrogens (tertiary/aromatic N) is 6. The van der Waals surface area contributed by atoms with Crippen LogP contribution >= 0.6 is 0 Å². The number of rotatable bonds is 18. The zero-order chi connectivity index (χ0) is 25.4. The van der Waals surface area contributed by atoms with Crippen LogP contribution in [0.1, 0.15) is 78.1 Å². The molecule has 0 spiro atoms. The van der Waals surface area contributed by atoms with Gasteiger partial charge < -0.3 is 0 Å². The lowest BCUT2D eigenvalue weighted by Gasteiger charge is -2.40. The van der Waals surface area contributed by atoms with Crippen molar-refractivity contribution >= 4 is 20.0 Å². The quantitative estimate of drug-likeness (QED) is 0.277. The third-order valence-corrected chi connectivity index (χ3v) is 11.4. The smallest absolute Gasteiger partial charge is 0.210 e. The van der Waals surface area contributed by atoms with Crippen LogP contribution in [0.25, 0.3) is 0 Å². The van der Waals surface area contributed by atoms with Crippen molar-refractivity contribution < 1.29 is 16.8 Å². The molecule has 0 aromatic rings. The molecule has 0 aliphatic carbocycles. The van der Waals surface area contributed by atoms with Crippen LogP contribution in [0.5, 0.6) is 0 Å². The lowest BCUT2D eigenvalue weighted by molar-refractivity contribution is 0.369. The molecular weight excluding hydrogens is 464 g/mol. The number of nitriles is 4.